The Morgan fingerprint density at radius 3 is 2.72 bits per heavy atom. The molecule has 0 aliphatic heterocycles. The first-order valence-electron chi connectivity index (χ1n) is 7.64. The summed E-state index contributed by atoms with van der Waals surface area (Å²) in [6.07, 6.45) is 0. The zero-order valence-electron chi connectivity index (χ0n) is 13.6. The van der Waals surface area contributed by atoms with E-state index in [4.69, 9.17) is 4.42 Å². The van der Waals surface area contributed by atoms with E-state index < -0.39 is 0 Å². The first-order chi connectivity index (χ1) is 12.1. The summed E-state index contributed by atoms with van der Waals surface area (Å²) in [5.74, 6) is 1.82. The van der Waals surface area contributed by atoms with Crippen LogP contribution in [0.5, 0.6) is 0 Å². The van der Waals surface area contributed by atoms with Crippen LogP contribution in [-0.4, -0.2) is 24.6 Å². The lowest BCUT2D eigenvalue weighted by Gasteiger charge is -2.01. The summed E-state index contributed by atoms with van der Waals surface area (Å²) in [6.45, 7) is 4.00. The molecule has 1 aromatic carbocycles. The summed E-state index contributed by atoms with van der Waals surface area (Å²) in [5, 5.41) is 8.72. The lowest BCUT2D eigenvalue weighted by atomic mass is 10.2. The van der Waals surface area contributed by atoms with Crippen LogP contribution >= 0.6 is 27.7 Å². The first kappa shape index (κ1) is 16.3. The molecular formula is C17H14BrN5OS. The van der Waals surface area contributed by atoms with Crippen molar-refractivity contribution < 1.29 is 4.42 Å². The smallest absolute Gasteiger partial charge is 0.277 e. The van der Waals surface area contributed by atoms with Crippen molar-refractivity contribution in [3.8, 4) is 11.5 Å². The Labute approximate surface area is 156 Å². The monoisotopic (exact) mass is 415 g/mol. The van der Waals surface area contributed by atoms with E-state index in [1.54, 1.807) is 0 Å². The molecular weight excluding hydrogens is 402 g/mol. The van der Waals surface area contributed by atoms with Gasteiger partial charge in [0.05, 0.1) is 5.69 Å². The van der Waals surface area contributed by atoms with Crippen LogP contribution in [0.2, 0.25) is 0 Å². The number of hydrogen-bond donors (Lipinski definition) is 0. The number of fused-ring (bicyclic) bond motifs is 1. The number of rotatable bonds is 4. The van der Waals surface area contributed by atoms with Crippen molar-refractivity contribution >= 4 is 33.5 Å². The molecule has 0 saturated heterocycles. The van der Waals surface area contributed by atoms with Crippen molar-refractivity contribution in [3.05, 3.63) is 58.1 Å². The highest BCUT2D eigenvalue weighted by atomic mass is 79.9. The van der Waals surface area contributed by atoms with E-state index in [1.807, 2.05) is 54.6 Å². The lowest BCUT2D eigenvalue weighted by molar-refractivity contribution is 0.466. The van der Waals surface area contributed by atoms with Crippen LogP contribution in [0.1, 0.15) is 17.1 Å². The van der Waals surface area contributed by atoms with Gasteiger partial charge in [-0.25, -0.2) is 9.97 Å². The SMILES string of the molecule is Cc1cc(C)n2c(Br)c(CSc3nnc(-c4ccccc4)o3)nc2n1. The van der Waals surface area contributed by atoms with Gasteiger partial charge < -0.3 is 4.42 Å². The molecule has 126 valence electrons. The van der Waals surface area contributed by atoms with Gasteiger partial charge in [0, 0.05) is 22.7 Å². The Kier molecular flexibility index (Phi) is 4.30. The minimum Gasteiger partial charge on any atom is -0.411 e. The van der Waals surface area contributed by atoms with Gasteiger partial charge in [-0.05, 0) is 48.0 Å². The third-order valence-electron chi connectivity index (χ3n) is 3.68. The molecule has 0 radical (unpaired) electrons. The molecule has 0 fully saturated rings. The van der Waals surface area contributed by atoms with Gasteiger partial charge in [-0.1, -0.05) is 30.0 Å². The molecule has 0 spiro atoms. The van der Waals surface area contributed by atoms with Crippen molar-refractivity contribution in [2.75, 3.05) is 0 Å². The van der Waals surface area contributed by atoms with E-state index in [1.165, 1.54) is 11.8 Å². The lowest BCUT2D eigenvalue weighted by Crippen LogP contribution is -1.96. The molecule has 0 amide bonds. The fourth-order valence-electron chi connectivity index (χ4n) is 2.57. The van der Waals surface area contributed by atoms with Crippen LogP contribution in [0, 0.1) is 13.8 Å². The first-order valence-corrected chi connectivity index (χ1v) is 9.42. The average molecular weight is 416 g/mol. The molecule has 0 aliphatic carbocycles. The van der Waals surface area contributed by atoms with Crippen molar-refractivity contribution in [1.29, 1.82) is 0 Å². The molecule has 4 aromatic rings. The van der Waals surface area contributed by atoms with Crippen LogP contribution in [0.15, 0.2) is 50.6 Å². The Balaban J connectivity index is 1.56. The Hall–Kier alpha value is -2.19. The van der Waals surface area contributed by atoms with E-state index in [0.717, 1.165) is 27.2 Å². The predicted molar refractivity (Wildman–Crippen MR) is 99.5 cm³/mol. The average Bonchev–Trinajstić information content (AvgIpc) is 3.18. The fourth-order valence-corrected chi connectivity index (χ4v) is 4.12. The molecule has 0 atom stereocenters. The second-order valence-electron chi connectivity index (χ2n) is 5.55. The number of hydrogen-bond acceptors (Lipinski definition) is 6. The quantitative estimate of drug-likeness (QED) is 0.458. The largest absolute Gasteiger partial charge is 0.411 e. The number of nitrogens with zero attached hydrogens (tertiary/aromatic N) is 5. The second kappa shape index (κ2) is 6.61. The van der Waals surface area contributed by atoms with Gasteiger partial charge in [-0.15, -0.1) is 10.2 Å². The maximum atomic E-state index is 5.72. The van der Waals surface area contributed by atoms with E-state index >= 15 is 0 Å². The van der Waals surface area contributed by atoms with Gasteiger partial charge in [-0.3, -0.25) is 4.40 Å². The molecule has 8 heteroatoms. The van der Waals surface area contributed by atoms with Crippen molar-refractivity contribution in [1.82, 2.24) is 24.6 Å². The maximum Gasteiger partial charge on any atom is 0.277 e. The van der Waals surface area contributed by atoms with Gasteiger partial charge in [0.2, 0.25) is 11.7 Å². The topological polar surface area (TPSA) is 69.1 Å². The second-order valence-corrected chi connectivity index (χ2v) is 7.23. The Bertz CT molecular complexity index is 1040. The van der Waals surface area contributed by atoms with Crippen molar-refractivity contribution in [3.63, 3.8) is 0 Å². The van der Waals surface area contributed by atoms with Gasteiger partial charge in [0.25, 0.3) is 5.22 Å². The highest BCUT2D eigenvalue weighted by molar-refractivity contribution is 9.10. The molecule has 0 unspecified atom stereocenters. The highest BCUT2D eigenvalue weighted by Gasteiger charge is 2.15. The van der Waals surface area contributed by atoms with Crippen LogP contribution in [0.4, 0.5) is 0 Å². The molecule has 4 rings (SSSR count). The minimum atomic E-state index is 0.517. The van der Waals surface area contributed by atoms with Crippen molar-refractivity contribution in [2.24, 2.45) is 0 Å². The number of imidazole rings is 1. The van der Waals surface area contributed by atoms with E-state index in [0.29, 0.717) is 22.6 Å². The fraction of sp³-hybridized carbons (Fsp3) is 0.176. The highest BCUT2D eigenvalue weighted by Crippen LogP contribution is 2.29. The minimum absolute atomic E-state index is 0.517. The van der Waals surface area contributed by atoms with Crippen LogP contribution in [0.25, 0.3) is 17.2 Å². The summed E-state index contributed by atoms with van der Waals surface area (Å²) in [4.78, 5) is 9.09. The molecule has 25 heavy (non-hydrogen) atoms. The predicted octanol–water partition coefficient (Wildman–Crippen LogP) is 4.45. The number of halogens is 1. The standard InChI is InChI=1S/C17H14BrN5OS/c1-10-8-11(2)23-14(18)13(20-16(23)19-10)9-25-17-22-21-15(24-17)12-6-4-3-5-7-12/h3-8H,9H2,1-2H3. The Morgan fingerprint density at radius 2 is 1.92 bits per heavy atom. The van der Waals surface area contributed by atoms with Gasteiger partial charge in [-0.2, -0.15) is 0 Å². The Morgan fingerprint density at radius 1 is 1.12 bits per heavy atom. The third-order valence-corrected chi connectivity index (χ3v) is 5.32. The van der Waals surface area contributed by atoms with Crippen molar-refractivity contribution in [2.45, 2.75) is 24.8 Å². The number of thioether (sulfide) groups is 1. The number of benzene rings is 1. The molecule has 3 aromatic heterocycles. The van der Waals surface area contributed by atoms with E-state index in [9.17, 15) is 0 Å². The molecule has 3 heterocycles. The summed E-state index contributed by atoms with van der Waals surface area (Å²) in [6, 6.07) is 11.7. The molecule has 6 nitrogen and oxygen atoms in total. The van der Waals surface area contributed by atoms with Gasteiger partial charge in [0.1, 0.15) is 4.60 Å². The van der Waals surface area contributed by atoms with E-state index in [-0.39, 0.29) is 0 Å². The van der Waals surface area contributed by atoms with Gasteiger partial charge >= 0.3 is 0 Å². The molecule has 0 aliphatic rings. The zero-order valence-corrected chi connectivity index (χ0v) is 16.0. The molecule has 0 N–H and O–H groups in total. The van der Waals surface area contributed by atoms with Crippen LogP contribution in [-0.2, 0) is 5.75 Å². The normalized spacial score (nSPS) is 11.3. The number of aromatic nitrogens is 5. The number of aryl methyl sites for hydroxylation is 2. The summed E-state index contributed by atoms with van der Waals surface area (Å²) in [5.41, 5.74) is 3.84. The van der Waals surface area contributed by atoms with Gasteiger partial charge in [0.15, 0.2) is 0 Å². The summed E-state index contributed by atoms with van der Waals surface area (Å²) >= 11 is 5.08. The molecule has 0 saturated carbocycles. The molecule has 0 bridgehead atoms. The zero-order chi connectivity index (χ0) is 17.4. The summed E-state index contributed by atoms with van der Waals surface area (Å²) in [7, 11) is 0. The van der Waals surface area contributed by atoms with Crippen LogP contribution < -0.4 is 0 Å². The van der Waals surface area contributed by atoms with E-state index in [2.05, 4.69) is 36.1 Å². The maximum absolute atomic E-state index is 5.72. The van der Waals surface area contributed by atoms with Crippen LogP contribution in [0.3, 0.4) is 0 Å². The summed E-state index contributed by atoms with van der Waals surface area (Å²) < 4.78 is 8.62. The third kappa shape index (κ3) is 3.19.